The number of carbonyl (C=O) groups excluding carboxylic acids is 1. The SMILES string of the molecule is O=C1Cc2cc(F)cc(NCc3ccc(F)cc3)c2N1. The van der Waals surface area contributed by atoms with Crippen molar-refractivity contribution in [3.8, 4) is 0 Å². The van der Waals surface area contributed by atoms with E-state index in [1.807, 2.05) is 0 Å². The normalized spacial score (nSPS) is 13.0. The number of hydrogen-bond donors (Lipinski definition) is 2. The zero-order chi connectivity index (χ0) is 14.1. The van der Waals surface area contributed by atoms with Gasteiger partial charge >= 0.3 is 0 Å². The molecule has 2 aromatic rings. The van der Waals surface area contributed by atoms with Crippen LogP contribution in [0.15, 0.2) is 36.4 Å². The van der Waals surface area contributed by atoms with Crippen LogP contribution in [0.4, 0.5) is 20.2 Å². The van der Waals surface area contributed by atoms with Crippen molar-refractivity contribution in [2.45, 2.75) is 13.0 Å². The molecule has 0 radical (unpaired) electrons. The third kappa shape index (κ3) is 2.47. The number of carbonyl (C=O) groups is 1. The lowest BCUT2D eigenvalue weighted by Crippen LogP contribution is -2.06. The minimum Gasteiger partial charge on any atom is -0.379 e. The van der Waals surface area contributed by atoms with Crippen LogP contribution >= 0.6 is 0 Å². The predicted molar refractivity (Wildman–Crippen MR) is 72.5 cm³/mol. The molecule has 5 heteroatoms. The Morgan fingerprint density at radius 1 is 1.10 bits per heavy atom. The molecule has 2 aromatic carbocycles. The summed E-state index contributed by atoms with van der Waals surface area (Å²) in [5.74, 6) is -0.829. The zero-order valence-electron chi connectivity index (χ0n) is 10.5. The first-order valence-corrected chi connectivity index (χ1v) is 6.22. The summed E-state index contributed by atoms with van der Waals surface area (Å²) in [6, 6.07) is 8.74. The second kappa shape index (κ2) is 4.92. The first-order chi connectivity index (χ1) is 9.61. The van der Waals surface area contributed by atoms with Gasteiger partial charge in [0, 0.05) is 6.54 Å². The highest BCUT2D eigenvalue weighted by atomic mass is 19.1. The number of benzene rings is 2. The zero-order valence-corrected chi connectivity index (χ0v) is 10.5. The smallest absolute Gasteiger partial charge is 0.228 e. The molecule has 0 fully saturated rings. The van der Waals surface area contributed by atoms with Crippen LogP contribution in [-0.4, -0.2) is 5.91 Å². The van der Waals surface area contributed by atoms with Gasteiger partial charge in [-0.2, -0.15) is 0 Å². The molecule has 1 heterocycles. The van der Waals surface area contributed by atoms with E-state index in [9.17, 15) is 13.6 Å². The molecule has 20 heavy (non-hydrogen) atoms. The van der Waals surface area contributed by atoms with Gasteiger partial charge in [-0.15, -0.1) is 0 Å². The highest BCUT2D eigenvalue weighted by molar-refractivity contribution is 6.02. The average molecular weight is 274 g/mol. The summed E-state index contributed by atoms with van der Waals surface area (Å²) in [5.41, 5.74) is 2.68. The van der Waals surface area contributed by atoms with Gasteiger partial charge in [0.05, 0.1) is 17.8 Å². The largest absolute Gasteiger partial charge is 0.379 e. The van der Waals surface area contributed by atoms with Gasteiger partial charge in [0.1, 0.15) is 11.6 Å². The second-order valence-electron chi connectivity index (χ2n) is 4.69. The topological polar surface area (TPSA) is 41.1 Å². The predicted octanol–water partition coefficient (Wildman–Crippen LogP) is 3.07. The summed E-state index contributed by atoms with van der Waals surface area (Å²) in [4.78, 5) is 11.4. The van der Waals surface area contributed by atoms with Crippen LogP contribution < -0.4 is 10.6 Å². The highest BCUT2D eigenvalue weighted by Gasteiger charge is 2.21. The van der Waals surface area contributed by atoms with Gasteiger partial charge in [-0.1, -0.05) is 12.1 Å². The van der Waals surface area contributed by atoms with Crippen molar-refractivity contribution < 1.29 is 13.6 Å². The van der Waals surface area contributed by atoms with Crippen LogP contribution in [-0.2, 0) is 17.8 Å². The van der Waals surface area contributed by atoms with E-state index in [1.165, 1.54) is 24.3 Å². The molecule has 1 aliphatic rings. The maximum Gasteiger partial charge on any atom is 0.228 e. The molecule has 0 spiro atoms. The van der Waals surface area contributed by atoms with Crippen LogP contribution in [0.3, 0.4) is 0 Å². The van der Waals surface area contributed by atoms with Gasteiger partial charge in [0.15, 0.2) is 0 Å². The third-order valence-corrected chi connectivity index (χ3v) is 3.20. The molecule has 1 amide bonds. The lowest BCUT2D eigenvalue weighted by Gasteiger charge is -2.11. The fraction of sp³-hybridized carbons (Fsp3) is 0.133. The van der Waals surface area contributed by atoms with Gasteiger partial charge in [-0.3, -0.25) is 4.79 Å². The van der Waals surface area contributed by atoms with Crippen molar-refractivity contribution >= 4 is 17.3 Å². The molecular formula is C15H12F2N2O. The lowest BCUT2D eigenvalue weighted by atomic mass is 10.1. The van der Waals surface area contributed by atoms with E-state index in [0.717, 1.165) is 5.56 Å². The summed E-state index contributed by atoms with van der Waals surface area (Å²) in [6.07, 6.45) is 0.193. The molecule has 0 saturated carbocycles. The Morgan fingerprint density at radius 3 is 2.60 bits per heavy atom. The monoisotopic (exact) mass is 274 g/mol. The van der Waals surface area contributed by atoms with Gasteiger partial charge < -0.3 is 10.6 Å². The van der Waals surface area contributed by atoms with Crippen LogP contribution in [0.5, 0.6) is 0 Å². The molecule has 1 aliphatic heterocycles. The van der Waals surface area contributed by atoms with Crippen LogP contribution in [0, 0.1) is 11.6 Å². The van der Waals surface area contributed by atoms with Crippen LogP contribution in [0.2, 0.25) is 0 Å². The molecule has 0 bridgehead atoms. The first-order valence-electron chi connectivity index (χ1n) is 6.22. The number of anilines is 2. The van der Waals surface area contributed by atoms with E-state index in [0.29, 0.717) is 23.5 Å². The van der Waals surface area contributed by atoms with Crippen molar-refractivity contribution in [1.82, 2.24) is 0 Å². The number of hydrogen-bond acceptors (Lipinski definition) is 2. The molecule has 2 N–H and O–H groups in total. The van der Waals surface area contributed by atoms with Crippen molar-refractivity contribution in [3.05, 3.63) is 59.2 Å². The van der Waals surface area contributed by atoms with Crippen LogP contribution in [0.25, 0.3) is 0 Å². The van der Waals surface area contributed by atoms with E-state index >= 15 is 0 Å². The average Bonchev–Trinajstić information content (AvgIpc) is 2.78. The van der Waals surface area contributed by atoms with Gasteiger partial charge in [0.25, 0.3) is 0 Å². The number of amides is 1. The Labute approximate surface area is 114 Å². The van der Waals surface area contributed by atoms with Crippen molar-refractivity contribution in [2.24, 2.45) is 0 Å². The molecular weight excluding hydrogens is 262 g/mol. The Hall–Kier alpha value is -2.43. The summed E-state index contributed by atoms with van der Waals surface area (Å²) in [6.45, 7) is 0.423. The Bertz CT molecular complexity index is 668. The Kier molecular flexibility index (Phi) is 3.10. The fourth-order valence-corrected chi connectivity index (χ4v) is 2.25. The first kappa shape index (κ1) is 12.6. The lowest BCUT2D eigenvalue weighted by molar-refractivity contribution is -0.115. The minimum absolute atomic E-state index is 0.143. The minimum atomic E-state index is -0.387. The number of nitrogens with one attached hydrogen (secondary N) is 2. The standard InChI is InChI=1S/C15H12F2N2O/c16-11-3-1-9(2-4-11)8-18-13-7-12(17)5-10-6-14(20)19-15(10)13/h1-5,7,18H,6,8H2,(H,19,20). The molecule has 102 valence electrons. The maximum absolute atomic E-state index is 13.5. The van der Waals surface area contributed by atoms with Gasteiger partial charge in [-0.05, 0) is 35.4 Å². The number of rotatable bonds is 3. The molecule has 3 nitrogen and oxygen atoms in total. The van der Waals surface area contributed by atoms with Crippen LogP contribution in [0.1, 0.15) is 11.1 Å². The molecule has 0 unspecified atom stereocenters. The van der Waals surface area contributed by atoms with E-state index in [4.69, 9.17) is 0 Å². The highest BCUT2D eigenvalue weighted by Crippen LogP contribution is 2.32. The number of halogens is 2. The van der Waals surface area contributed by atoms with Crippen molar-refractivity contribution in [2.75, 3.05) is 10.6 Å². The molecule has 0 saturated heterocycles. The summed E-state index contributed by atoms with van der Waals surface area (Å²) in [7, 11) is 0. The van der Waals surface area contributed by atoms with Crippen molar-refractivity contribution in [1.29, 1.82) is 0 Å². The number of fused-ring (bicyclic) bond motifs is 1. The van der Waals surface area contributed by atoms with E-state index in [-0.39, 0.29) is 24.0 Å². The second-order valence-corrected chi connectivity index (χ2v) is 4.69. The molecule has 0 aromatic heterocycles. The summed E-state index contributed by atoms with van der Waals surface area (Å²) in [5, 5.41) is 5.78. The molecule has 0 atom stereocenters. The fourth-order valence-electron chi connectivity index (χ4n) is 2.25. The van der Waals surface area contributed by atoms with E-state index in [1.54, 1.807) is 12.1 Å². The van der Waals surface area contributed by atoms with Gasteiger partial charge in [-0.25, -0.2) is 8.78 Å². The van der Waals surface area contributed by atoms with Gasteiger partial charge in [0.2, 0.25) is 5.91 Å². The van der Waals surface area contributed by atoms with Crippen molar-refractivity contribution in [3.63, 3.8) is 0 Å². The Balaban J connectivity index is 1.81. The summed E-state index contributed by atoms with van der Waals surface area (Å²) >= 11 is 0. The maximum atomic E-state index is 13.5. The quantitative estimate of drug-likeness (QED) is 0.903. The Morgan fingerprint density at radius 2 is 1.85 bits per heavy atom. The van der Waals surface area contributed by atoms with E-state index in [2.05, 4.69) is 10.6 Å². The summed E-state index contributed by atoms with van der Waals surface area (Å²) < 4.78 is 26.3. The molecule has 3 rings (SSSR count). The van der Waals surface area contributed by atoms with E-state index < -0.39 is 0 Å². The molecule has 0 aliphatic carbocycles. The third-order valence-electron chi connectivity index (χ3n) is 3.20.